The number of fused-ring (bicyclic) bond motifs is 1. The summed E-state index contributed by atoms with van der Waals surface area (Å²) in [5.74, 6) is 2.37. The lowest BCUT2D eigenvalue weighted by atomic mass is 9.76. The lowest BCUT2D eigenvalue weighted by molar-refractivity contribution is 0.319. The zero-order valence-electron chi connectivity index (χ0n) is 15.9. The molecule has 2 aromatic carbocycles. The number of benzene rings is 2. The van der Waals surface area contributed by atoms with Gasteiger partial charge < -0.3 is 0 Å². The predicted molar refractivity (Wildman–Crippen MR) is 107 cm³/mol. The fraction of sp³-hybridized carbons (Fsp3) is 0.480. The number of rotatable bonds is 3. The van der Waals surface area contributed by atoms with Gasteiger partial charge in [-0.1, -0.05) is 43.7 Å². The second-order valence-electron chi connectivity index (χ2n) is 8.33. The van der Waals surface area contributed by atoms with E-state index in [0.29, 0.717) is 5.92 Å². The van der Waals surface area contributed by atoms with Crippen molar-refractivity contribution in [3.63, 3.8) is 0 Å². The van der Waals surface area contributed by atoms with Gasteiger partial charge in [0.15, 0.2) is 0 Å². The van der Waals surface area contributed by atoms with Crippen molar-refractivity contribution in [2.75, 3.05) is 0 Å². The average molecular weight is 344 g/mol. The van der Waals surface area contributed by atoms with E-state index in [1.165, 1.54) is 55.2 Å². The second kappa shape index (κ2) is 7.67. The molecule has 0 spiro atoms. The molecule has 2 aliphatic carbocycles. The molecule has 0 heterocycles. The van der Waals surface area contributed by atoms with Crippen LogP contribution >= 0.6 is 0 Å². The minimum Gasteiger partial charge on any atom is -0.192 e. The third-order valence-electron chi connectivity index (χ3n) is 6.87. The van der Waals surface area contributed by atoms with E-state index >= 15 is 0 Å². The lowest BCUT2D eigenvalue weighted by Crippen LogP contribution is -2.14. The molecule has 1 atom stereocenters. The van der Waals surface area contributed by atoms with Crippen molar-refractivity contribution in [2.45, 2.75) is 70.1 Å². The molecule has 0 aliphatic heterocycles. The van der Waals surface area contributed by atoms with Crippen molar-refractivity contribution in [2.24, 2.45) is 5.92 Å². The van der Waals surface area contributed by atoms with Gasteiger partial charge in [-0.25, -0.2) is 0 Å². The van der Waals surface area contributed by atoms with E-state index in [0.717, 1.165) is 30.2 Å². The third kappa shape index (κ3) is 3.56. The molecule has 0 N–H and O–H groups in total. The maximum Gasteiger partial charge on any atom is 0.0991 e. The Morgan fingerprint density at radius 2 is 1.54 bits per heavy atom. The van der Waals surface area contributed by atoms with Crippen LogP contribution in [0.2, 0.25) is 0 Å². The number of aryl methyl sites for hydroxylation is 1. The second-order valence-corrected chi connectivity index (χ2v) is 8.33. The first-order valence-corrected chi connectivity index (χ1v) is 10.4. The van der Waals surface area contributed by atoms with Gasteiger partial charge in [-0.3, -0.25) is 0 Å². The van der Waals surface area contributed by atoms with Gasteiger partial charge in [0.05, 0.1) is 11.6 Å². The van der Waals surface area contributed by atoms with Gasteiger partial charge in [0.2, 0.25) is 0 Å². The predicted octanol–water partition coefficient (Wildman–Crippen LogP) is 6.51. The van der Waals surface area contributed by atoms with Crippen molar-refractivity contribution >= 4 is 0 Å². The molecule has 1 fully saturated rings. The van der Waals surface area contributed by atoms with Crippen LogP contribution in [0.25, 0.3) is 0 Å². The van der Waals surface area contributed by atoms with E-state index in [4.69, 9.17) is 5.26 Å². The van der Waals surface area contributed by atoms with E-state index in [2.05, 4.69) is 49.4 Å². The minimum atomic E-state index is 0.625. The van der Waals surface area contributed by atoms with Gasteiger partial charge in [-0.05, 0) is 97.1 Å². The van der Waals surface area contributed by atoms with E-state index in [1.807, 2.05) is 6.07 Å². The van der Waals surface area contributed by atoms with Crippen LogP contribution in [0.3, 0.4) is 0 Å². The number of nitrogens with zero attached hydrogens (tertiary/aromatic N) is 1. The van der Waals surface area contributed by atoms with Crippen LogP contribution in [0.5, 0.6) is 0 Å². The Hall–Kier alpha value is -2.07. The topological polar surface area (TPSA) is 23.8 Å². The SMILES string of the molecule is CCC1CCC(c2ccc(C3CCc4cc(C#N)ccc4C3)cc2)CC1. The molecule has 2 aromatic rings. The zero-order valence-corrected chi connectivity index (χ0v) is 15.9. The molecule has 1 heteroatoms. The molecule has 2 aliphatic rings. The molecule has 0 aromatic heterocycles. The quantitative estimate of drug-likeness (QED) is 0.623. The molecule has 0 saturated heterocycles. The average Bonchev–Trinajstić information content (AvgIpc) is 2.73. The highest BCUT2D eigenvalue weighted by atomic mass is 14.3. The minimum absolute atomic E-state index is 0.625. The van der Waals surface area contributed by atoms with Crippen molar-refractivity contribution < 1.29 is 0 Å². The molecule has 0 bridgehead atoms. The van der Waals surface area contributed by atoms with E-state index in [9.17, 15) is 0 Å². The molecule has 1 nitrogen and oxygen atoms in total. The molecule has 1 saturated carbocycles. The van der Waals surface area contributed by atoms with Crippen LogP contribution in [0.1, 0.15) is 85.1 Å². The fourth-order valence-corrected chi connectivity index (χ4v) is 5.05. The maximum atomic E-state index is 9.08. The van der Waals surface area contributed by atoms with Crippen LogP contribution in [-0.4, -0.2) is 0 Å². The van der Waals surface area contributed by atoms with E-state index in [-0.39, 0.29) is 0 Å². The van der Waals surface area contributed by atoms with E-state index in [1.54, 1.807) is 5.56 Å². The fourth-order valence-electron chi connectivity index (χ4n) is 5.05. The Morgan fingerprint density at radius 3 is 2.19 bits per heavy atom. The summed E-state index contributed by atoms with van der Waals surface area (Å²) in [6, 6.07) is 18.1. The smallest absolute Gasteiger partial charge is 0.0991 e. The maximum absolute atomic E-state index is 9.08. The first kappa shape index (κ1) is 17.3. The Kier molecular flexibility index (Phi) is 5.11. The Labute approximate surface area is 158 Å². The summed E-state index contributed by atoms with van der Waals surface area (Å²) in [5.41, 5.74) is 6.65. The molecule has 26 heavy (non-hydrogen) atoms. The number of hydrogen-bond acceptors (Lipinski definition) is 1. The Bertz CT molecular complexity index is 788. The summed E-state index contributed by atoms with van der Waals surface area (Å²) in [6.07, 6.45) is 10.3. The number of nitriles is 1. The summed E-state index contributed by atoms with van der Waals surface area (Å²) in [5, 5.41) is 9.08. The van der Waals surface area contributed by atoms with Crippen LogP contribution < -0.4 is 0 Å². The van der Waals surface area contributed by atoms with Gasteiger partial charge in [-0.15, -0.1) is 0 Å². The van der Waals surface area contributed by atoms with Gasteiger partial charge in [0, 0.05) is 0 Å². The van der Waals surface area contributed by atoms with Crippen LogP contribution in [-0.2, 0) is 12.8 Å². The Morgan fingerprint density at radius 1 is 0.846 bits per heavy atom. The molecular formula is C25H29N. The molecule has 4 rings (SSSR count). The summed E-state index contributed by atoms with van der Waals surface area (Å²) < 4.78 is 0. The Balaban J connectivity index is 1.43. The third-order valence-corrected chi connectivity index (χ3v) is 6.87. The van der Waals surface area contributed by atoms with Crippen molar-refractivity contribution in [1.29, 1.82) is 5.26 Å². The van der Waals surface area contributed by atoms with Gasteiger partial charge in [0.1, 0.15) is 0 Å². The molecule has 1 unspecified atom stereocenters. The highest BCUT2D eigenvalue weighted by molar-refractivity contribution is 5.41. The lowest BCUT2D eigenvalue weighted by Gasteiger charge is -2.29. The molecule has 134 valence electrons. The molecule has 0 amide bonds. The first-order valence-electron chi connectivity index (χ1n) is 10.4. The van der Waals surface area contributed by atoms with Crippen LogP contribution in [0.4, 0.5) is 0 Å². The van der Waals surface area contributed by atoms with Crippen LogP contribution in [0.15, 0.2) is 42.5 Å². The van der Waals surface area contributed by atoms with Crippen LogP contribution in [0, 0.1) is 17.2 Å². The van der Waals surface area contributed by atoms with Crippen molar-refractivity contribution in [3.8, 4) is 6.07 Å². The first-order chi connectivity index (χ1) is 12.8. The van der Waals surface area contributed by atoms with Crippen molar-refractivity contribution in [3.05, 3.63) is 70.3 Å². The highest BCUT2D eigenvalue weighted by Crippen LogP contribution is 2.38. The van der Waals surface area contributed by atoms with Crippen molar-refractivity contribution in [1.82, 2.24) is 0 Å². The summed E-state index contributed by atoms with van der Waals surface area (Å²) in [6.45, 7) is 2.34. The van der Waals surface area contributed by atoms with Gasteiger partial charge in [-0.2, -0.15) is 5.26 Å². The monoisotopic (exact) mass is 343 g/mol. The highest BCUT2D eigenvalue weighted by Gasteiger charge is 2.23. The summed E-state index contributed by atoms with van der Waals surface area (Å²) in [4.78, 5) is 0. The largest absolute Gasteiger partial charge is 0.192 e. The zero-order chi connectivity index (χ0) is 17.9. The summed E-state index contributed by atoms with van der Waals surface area (Å²) in [7, 11) is 0. The van der Waals surface area contributed by atoms with Gasteiger partial charge in [0.25, 0.3) is 0 Å². The van der Waals surface area contributed by atoms with E-state index < -0.39 is 0 Å². The van der Waals surface area contributed by atoms with Gasteiger partial charge >= 0.3 is 0 Å². The molecule has 0 radical (unpaired) electrons. The summed E-state index contributed by atoms with van der Waals surface area (Å²) >= 11 is 0. The standard InChI is InChI=1S/C25H29N/c1-2-18-3-6-20(7-4-18)21-9-11-22(12-10-21)24-14-13-23-15-19(17-26)5-8-25(23)16-24/h5,8-12,15,18,20,24H,2-4,6-7,13-14,16H2,1H3. The normalized spacial score (nSPS) is 25.3. The molecular weight excluding hydrogens is 314 g/mol. The number of hydrogen-bond donors (Lipinski definition) is 0.